The van der Waals surface area contributed by atoms with Crippen molar-refractivity contribution in [2.24, 2.45) is 7.05 Å². The third-order valence-corrected chi connectivity index (χ3v) is 1.56. The van der Waals surface area contributed by atoms with Crippen molar-refractivity contribution in [3.05, 3.63) is 22.7 Å². The molecule has 4 nitrogen and oxygen atoms in total. The van der Waals surface area contributed by atoms with Crippen LogP contribution in [0, 0.1) is 0 Å². The molecule has 1 rings (SSSR count). The number of hydrogen-bond donors (Lipinski definition) is 1. The highest BCUT2D eigenvalue weighted by atomic mass is 16.1. The number of nitrogens with one attached hydrogen (secondary N) is 1. The minimum atomic E-state index is -0.0778. The molecule has 1 aromatic rings. The Bertz CT molecular complexity index is 305. The Kier molecular flexibility index (Phi) is 2.85. The van der Waals surface area contributed by atoms with Crippen LogP contribution in [0.15, 0.2) is 17.2 Å². The smallest absolute Gasteiger partial charge is 0.293 e. The Morgan fingerprint density at radius 1 is 1.67 bits per heavy atom. The molecule has 0 saturated carbocycles. The lowest BCUT2D eigenvalue weighted by molar-refractivity contribution is 0.835. The van der Waals surface area contributed by atoms with Crippen LogP contribution in [0.25, 0.3) is 0 Å². The maximum absolute atomic E-state index is 11.3. The average Bonchev–Trinajstić information content (AvgIpc) is 2.08. The molecular weight excluding hydrogens is 154 g/mol. The molecule has 4 heteroatoms. The number of anilines is 1. The molecule has 12 heavy (non-hydrogen) atoms. The van der Waals surface area contributed by atoms with Crippen LogP contribution >= 0.6 is 0 Å². The Balaban J connectivity index is 2.85. The van der Waals surface area contributed by atoms with Crippen LogP contribution in [0.4, 0.5) is 5.82 Å². The number of hydrogen-bond acceptors (Lipinski definition) is 3. The predicted molar refractivity (Wildman–Crippen MR) is 48.3 cm³/mol. The van der Waals surface area contributed by atoms with Gasteiger partial charge in [-0.1, -0.05) is 6.92 Å². The number of rotatable bonds is 3. The molecule has 0 fully saturated rings. The number of aryl methyl sites for hydroxylation is 1. The summed E-state index contributed by atoms with van der Waals surface area (Å²) in [5.74, 6) is 0.432. The summed E-state index contributed by atoms with van der Waals surface area (Å²) in [6, 6.07) is 0. The van der Waals surface area contributed by atoms with E-state index in [2.05, 4.69) is 10.3 Å². The van der Waals surface area contributed by atoms with E-state index in [1.807, 2.05) is 6.92 Å². The summed E-state index contributed by atoms with van der Waals surface area (Å²) in [5, 5.41) is 2.96. The van der Waals surface area contributed by atoms with Crippen molar-refractivity contribution in [2.75, 3.05) is 11.9 Å². The second kappa shape index (κ2) is 3.90. The minimum Gasteiger partial charge on any atom is -0.365 e. The Hall–Kier alpha value is -1.32. The van der Waals surface area contributed by atoms with Crippen molar-refractivity contribution in [3.8, 4) is 0 Å². The first-order valence-corrected chi connectivity index (χ1v) is 4.01. The average molecular weight is 167 g/mol. The summed E-state index contributed by atoms with van der Waals surface area (Å²) >= 11 is 0. The van der Waals surface area contributed by atoms with E-state index < -0.39 is 0 Å². The Labute approximate surface area is 71.3 Å². The predicted octanol–water partition coefficient (Wildman–Crippen LogP) is 0.602. The summed E-state index contributed by atoms with van der Waals surface area (Å²) in [5.41, 5.74) is -0.0778. The molecule has 0 radical (unpaired) electrons. The first kappa shape index (κ1) is 8.77. The van der Waals surface area contributed by atoms with Crippen LogP contribution < -0.4 is 10.9 Å². The standard InChI is InChI=1S/C8H13N3O/c1-3-4-9-7-8(12)11(2)6-5-10-7/h5-6H,3-4H2,1-2H3,(H,9,10). The molecule has 1 heterocycles. The lowest BCUT2D eigenvalue weighted by Crippen LogP contribution is -2.22. The third-order valence-electron chi connectivity index (χ3n) is 1.56. The van der Waals surface area contributed by atoms with Crippen LogP contribution in [0.2, 0.25) is 0 Å². The lowest BCUT2D eigenvalue weighted by Gasteiger charge is -2.03. The topological polar surface area (TPSA) is 46.9 Å². The fourth-order valence-corrected chi connectivity index (χ4v) is 0.862. The monoisotopic (exact) mass is 167 g/mol. The molecule has 1 N–H and O–H groups in total. The van der Waals surface area contributed by atoms with Gasteiger partial charge in [0.2, 0.25) is 0 Å². The second-order valence-electron chi connectivity index (χ2n) is 2.62. The van der Waals surface area contributed by atoms with Gasteiger partial charge in [0.1, 0.15) is 0 Å². The van der Waals surface area contributed by atoms with Crippen LogP contribution in [0.1, 0.15) is 13.3 Å². The summed E-state index contributed by atoms with van der Waals surface area (Å²) < 4.78 is 1.50. The van der Waals surface area contributed by atoms with Crippen molar-refractivity contribution >= 4 is 5.82 Å². The number of nitrogens with zero attached hydrogens (tertiary/aromatic N) is 2. The van der Waals surface area contributed by atoms with Crippen molar-refractivity contribution in [3.63, 3.8) is 0 Å². The van der Waals surface area contributed by atoms with Crippen molar-refractivity contribution in [1.29, 1.82) is 0 Å². The third kappa shape index (κ3) is 1.84. The normalized spacial score (nSPS) is 9.83. The maximum Gasteiger partial charge on any atom is 0.293 e. The number of aromatic nitrogens is 2. The van der Waals surface area contributed by atoms with Gasteiger partial charge < -0.3 is 9.88 Å². The molecule has 0 aromatic carbocycles. The highest BCUT2D eigenvalue weighted by Crippen LogP contribution is 1.90. The van der Waals surface area contributed by atoms with Gasteiger partial charge in [0.25, 0.3) is 5.56 Å². The van der Waals surface area contributed by atoms with Crippen molar-refractivity contribution in [2.45, 2.75) is 13.3 Å². The van der Waals surface area contributed by atoms with E-state index in [0.717, 1.165) is 13.0 Å². The van der Waals surface area contributed by atoms with Gasteiger partial charge in [-0.3, -0.25) is 4.79 Å². The van der Waals surface area contributed by atoms with Crippen molar-refractivity contribution < 1.29 is 0 Å². The van der Waals surface area contributed by atoms with Gasteiger partial charge in [0, 0.05) is 26.0 Å². The van der Waals surface area contributed by atoms with Gasteiger partial charge in [-0.15, -0.1) is 0 Å². The van der Waals surface area contributed by atoms with Crippen LogP contribution in [-0.2, 0) is 7.05 Å². The zero-order valence-electron chi connectivity index (χ0n) is 7.37. The van der Waals surface area contributed by atoms with Crippen LogP contribution in [-0.4, -0.2) is 16.1 Å². The van der Waals surface area contributed by atoms with Crippen molar-refractivity contribution in [1.82, 2.24) is 9.55 Å². The van der Waals surface area contributed by atoms with Gasteiger partial charge in [-0.25, -0.2) is 4.98 Å². The van der Waals surface area contributed by atoms with Gasteiger partial charge in [-0.2, -0.15) is 0 Å². The SMILES string of the molecule is CCCNc1nccn(C)c1=O. The summed E-state index contributed by atoms with van der Waals surface area (Å²) in [7, 11) is 1.71. The molecule has 0 atom stereocenters. The van der Waals surface area contributed by atoms with Crippen LogP contribution in [0.3, 0.4) is 0 Å². The first-order valence-electron chi connectivity index (χ1n) is 4.01. The Morgan fingerprint density at radius 2 is 2.42 bits per heavy atom. The summed E-state index contributed by atoms with van der Waals surface area (Å²) in [4.78, 5) is 15.2. The van der Waals surface area contributed by atoms with Gasteiger partial charge in [0.05, 0.1) is 0 Å². The summed E-state index contributed by atoms with van der Waals surface area (Å²) in [6.07, 6.45) is 4.23. The molecule has 0 aliphatic rings. The van der Waals surface area contributed by atoms with Gasteiger partial charge in [-0.05, 0) is 6.42 Å². The van der Waals surface area contributed by atoms with E-state index in [4.69, 9.17) is 0 Å². The molecule has 0 unspecified atom stereocenters. The van der Waals surface area contributed by atoms with E-state index in [-0.39, 0.29) is 5.56 Å². The zero-order chi connectivity index (χ0) is 8.97. The molecule has 0 saturated heterocycles. The highest BCUT2D eigenvalue weighted by molar-refractivity contribution is 5.30. The quantitative estimate of drug-likeness (QED) is 0.717. The van der Waals surface area contributed by atoms with E-state index in [1.165, 1.54) is 4.57 Å². The lowest BCUT2D eigenvalue weighted by atomic mass is 10.5. The molecule has 66 valence electrons. The highest BCUT2D eigenvalue weighted by Gasteiger charge is 1.98. The molecule has 0 spiro atoms. The second-order valence-corrected chi connectivity index (χ2v) is 2.62. The largest absolute Gasteiger partial charge is 0.365 e. The molecule has 0 aliphatic heterocycles. The molecule has 0 bridgehead atoms. The minimum absolute atomic E-state index is 0.0778. The fraction of sp³-hybridized carbons (Fsp3) is 0.500. The molecule has 0 amide bonds. The summed E-state index contributed by atoms with van der Waals surface area (Å²) in [6.45, 7) is 2.83. The van der Waals surface area contributed by atoms with E-state index in [9.17, 15) is 4.79 Å². The van der Waals surface area contributed by atoms with Crippen LogP contribution in [0.5, 0.6) is 0 Å². The van der Waals surface area contributed by atoms with Gasteiger partial charge in [0.15, 0.2) is 5.82 Å². The van der Waals surface area contributed by atoms with E-state index >= 15 is 0 Å². The molecule has 0 aliphatic carbocycles. The Morgan fingerprint density at radius 3 is 3.08 bits per heavy atom. The van der Waals surface area contributed by atoms with Gasteiger partial charge >= 0.3 is 0 Å². The molecular formula is C8H13N3O. The first-order chi connectivity index (χ1) is 5.75. The maximum atomic E-state index is 11.3. The van der Waals surface area contributed by atoms with E-state index in [1.54, 1.807) is 19.4 Å². The fourth-order valence-electron chi connectivity index (χ4n) is 0.862. The molecule has 1 aromatic heterocycles. The van der Waals surface area contributed by atoms with E-state index in [0.29, 0.717) is 5.82 Å². The zero-order valence-corrected chi connectivity index (χ0v) is 7.37.